The van der Waals surface area contributed by atoms with Crippen molar-refractivity contribution in [2.45, 2.75) is 53.0 Å². The number of likely N-dealkylation sites (N-methyl/N-ethyl adjacent to an activating group) is 1. The Kier molecular flexibility index (Phi) is 8.05. The summed E-state index contributed by atoms with van der Waals surface area (Å²) in [6.45, 7) is 10.4. The van der Waals surface area contributed by atoms with Crippen LogP contribution in [0, 0.1) is 25.7 Å². The molecule has 5 heteroatoms. The first-order valence-corrected chi connectivity index (χ1v) is 10.5. The van der Waals surface area contributed by atoms with Crippen molar-refractivity contribution in [1.29, 1.82) is 0 Å². The molecule has 1 N–H and O–H groups in total. The van der Waals surface area contributed by atoms with Gasteiger partial charge in [0.05, 0.1) is 5.92 Å². The monoisotopic (exact) mass is 387 g/mol. The Morgan fingerprint density at radius 2 is 1.82 bits per heavy atom. The van der Waals surface area contributed by atoms with E-state index in [0.29, 0.717) is 12.5 Å². The van der Waals surface area contributed by atoms with Crippen LogP contribution in [0.2, 0.25) is 0 Å². The highest BCUT2D eigenvalue weighted by atomic mass is 16.2. The first-order valence-electron chi connectivity index (χ1n) is 10.5. The molecule has 1 fully saturated rings. The van der Waals surface area contributed by atoms with Crippen molar-refractivity contribution < 1.29 is 9.59 Å². The van der Waals surface area contributed by atoms with Gasteiger partial charge in [-0.1, -0.05) is 31.0 Å². The van der Waals surface area contributed by atoms with Gasteiger partial charge in [0.1, 0.15) is 0 Å². The lowest BCUT2D eigenvalue weighted by Gasteiger charge is -2.33. The topological polar surface area (TPSA) is 52.7 Å². The number of benzene rings is 1. The molecule has 0 bridgehead atoms. The van der Waals surface area contributed by atoms with Gasteiger partial charge in [0.15, 0.2) is 0 Å². The van der Waals surface area contributed by atoms with Crippen LogP contribution in [0.3, 0.4) is 0 Å². The van der Waals surface area contributed by atoms with Gasteiger partial charge in [-0.05, 0) is 65.3 Å². The van der Waals surface area contributed by atoms with E-state index in [1.165, 1.54) is 0 Å². The van der Waals surface area contributed by atoms with Crippen LogP contribution in [0.4, 0.5) is 0 Å². The van der Waals surface area contributed by atoms with Crippen molar-refractivity contribution in [3.8, 4) is 0 Å². The number of piperidine rings is 1. The maximum absolute atomic E-state index is 13.0. The number of carbonyl (C=O) groups excluding carboxylic acids is 2. The Morgan fingerprint density at radius 3 is 2.39 bits per heavy atom. The number of likely N-dealkylation sites (tertiary alicyclic amines) is 1. The average molecular weight is 388 g/mol. The first-order chi connectivity index (χ1) is 13.2. The minimum Gasteiger partial charge on any atom is -0.352 e. The maximum Gasteiger partial charge on any atom is 0.253 e. The summed E-state index contributed by atoms with van der Waals surface area (Å²) in [5, 5.41) is 3.25. The zero-order chi connectivity index (χ0) is 20.8. The van der Waals surface area contributed by atoms with Crippen molar-refractivity contribution in [3.05, 3.63) is 34.9 Å². The summed E-state index contributed by atoms with van der Waals surface area (Å²) in [6.07, 6.45) is 2.68. The van der Waals surface area contributed by atoms with Gasteiger partial charge in [-0.3, -0.25) is 9.59 Å². The fourth-order valence-electron chi connectivity index (χ4n) is 4.16. The van der Waals surface area contributed by atoms with Crippen LogP contribution >= 0.6 is 0 Å². The van der Waals surface area contributed by atoms with Crippen LogP contribution in [0.1, 0.15) is 54.6 Å². The van der Waals surface area contributed by atoms with Crippen LogP contribution in [0.25, 0.3) is 0 Å². The summed E-state index contributed by atoms with van der Waals surface area (Å²) >= 11 is 0. The molecular weight excluding hydrogens is 350 g/mol. The highest BCUT2D eigenvalue weighted by Gasteiger charge is 2.30. The minimum absolute atomic E-state index is 0.0383. The molecule has 0 saturated carbocycles. The molecule has 1 aliphatic rings. The molecule has 0 aliphatic carbocycles. The van der Waals surface area contributed by atoms with Crippen molar-refractivity contribution in [1.82, 2.24) is 15.1 Å². The number of carbonyl (C=O) groups is 2. The normalized spacial score (nSPS) is 18.4. The fraction of sp³-hybridized carbons (Fsp3) is 0.652. The first kappa shape index (κ1) is 22.4. The molecule has 28 heavy (non-hydrogen) atoms. The number of amides is 2. The highest BCUT2D eigenvalue weighted by molar-refractivity contribution is 5.95. The summed E-state index contributed by atoms with van der Waals surface area (Å²) in [6, 6.07) is 6.10. The zero-order valence-corrected chi connectivity index (χ0v) is 18.4. The second-order valence-electron chi connectivity index (χ2n) is 9.06. The Labute approximate surface area is 170 Å². The molecule has 5 nitrogen and oxygen atoms in total. The third-order valence-corrected chi connectivity index (χ3v) is 5.24. The summed E-state index contributed by atoms with van der Waals surface area (Å²) < 4.78 is 0. The lowest BCUT2D eigenvalue weighted by molar-refractivity contribution is -0.127. The molecule has 0 spiro atoms. The summed E-state index contributed by atoms with van der Waals surface area (Å²) in [4.78, 5) is 29.9. The van der Waals surface area contributed by atoms with Gasteiger partial charge in [0.25, 0.3) is 5.91 Å². The molecule has 1 heterocycles. The van der Waals surface area contributed by atoms with E-state index in [9.17, 15) is 9.59 Å². The SMILES string of the molecule is Cc1cc(C)cc(C(=O)N2CCCC(C(=O)NC(CC(C)C)CN(C)C)C2)c1. The van der Waals surface area contributed by atoms with Crippen LogP contribution < -0.4 is 5.32 Å². The van der Waals surface area contributed by atoms with Crippen molar-refractivity contribution in [2.24, 2.45) is 11.8 Å². The number of nitrogens with zero attached hydrogens (tertiary/aromatic N) is 2. The fourth-order valence-corrected chi connectivity index (χ4v) is 4.16. The number of aryl methyl sites for hydroxylation is 2. The van der Waals surface area contributed by atoms with Crippen LogP contribution in [0.5, 0.6) is 0 Å². The number of rotatable bonds is 7. The molecule has 0 radical (unpaired) electrons. The van der Waals surface area contributed by atoms with Gasteiger partial charge in [-0.25, -0.2) is 0 Å². The predicted octanol–water partition coefficient (Wildman–Crippen LogP) is 3.25. The van der Waals surface area contributed by atoms with Crippen molar-refractivity contribution >= 4 is 11.8 Å². The summed E-state index contributed by atoms with van der Waals surface area (Å²) in [5.74, 6) is 0.529. The van der Waals surface area contributed by atoms with E-state index in [0.717, 1.165) is 49.0 Å². The third kappa shape index (κ3) is 6.62. The van der Waals surface area contributed by atoms with E-state index in [4.69, 9.17) is 0 Å². The molecule has 1 aromatic carbocycles. The van der Waals surface area contributed by atoms with E-state index in [-0.39, 0.29) is 23.8 Å². The molecule has 1 aliphatic heterocycles. The zero-order valence-electron chi connectivity index (χ0n) is 18.4. The average Bonchev–Trinajstić information content (AvgIpc) is 2.59. The molecular formula is C23H37N3O2. The Balaban J connectivity index is 2.02. The van der Waals surface area contributed by atoms with Crippen molar-refractivity contribution in [3.63, 3.8) is 0 Å². The molecule has 2 atom stereocenters. The Morgan fingerprint density at radius 1 is 1.18 bits per heavy atom. The number of hydrogen-bond donors (Lipinski definition) is 1. The molecule has 1 saturated heterocycles. The number of hydrogen-bond acceptors (Lipinski definition) is 3. The third-order valence-electron chi connectivity index (χ3n) is 5.24. The Hall–Kier alpha value is -1.88. The van der Waals surface area contributed by atoms with E-state index in [2.05, 4.69) is 30.1 Å². The largest absolute Gasteiger partial charge is 0.352 e. The molecule has 2 rings (SSSR count). The van der Waals surface area contributed by atoms with Crippen molar-refractivity contribution in [2.75, 3.05) is 33.7 Å². The number of nitrogens with one attached hydrogen (secondary N) is 1. The van der Waals surface area contributed by atoms with Crippen LogP contribution in [-0.2, 0) is 4.79 Å². The van der Waals surface area contributed by atoms with E-state index >= 15 is 0 Å². The van der Waals surface area contributed by atoms with Gasteiger partial charge in [-0.15, -0.1) is 0 Å². The lowest BCUT2D eigenvalue weighted by atomic mass is 9.95. The van der Waals surface area contributed by atoms with Gasteiger partial charge in [0, 0.05) is 31.2 Å². The van der Waals surface area contributed by atoms with Crippen LogP contribution in [-0.4, -0.2) is 61.4 Å². The van der Waals surface area contributed by atoms with E-state index in [1.807, 2.05) is 45.0 Å². The van der Waals surface area contributed by atoms with E-state index in [1.54, 1.807) is 0 Å². The highest BCUT2D eigenvalue weighted by Crippen LogP contribution is 2.20. The van der Waals surface area contributed by atoms with E-state index < -0.39 is 0 Å². The summed E-state index contributed by atoms with van der Waals surface area (Å²) in [7, 11) is 4.06. The lowest BCUT2D eigenvalue weighted by Crippen LogP contribution is -2.49. The standard InChI is InChI=1S/C23H37N3O2/c1-16(2)10-21(15-25(5)6)24-22(27)19-8-7-9-26(14-19)23(28)20-12-17(3)11-18(4)13-20/h11-13,16,19,21H,7-10,14-15H2,1-6H3,(H,24,27). The second kappa shape index (κ2) is 10.1. The molecule has 0 aromatic heterocycles. The molecule has 2 unspecified atom stereocenters. The summed E-state index contributed by atoms with van der Waals surface area (Å²) in [5.41, 5.74) is 2.91. The predicted molar refractivity (Wildman–Crippen MR) is 114 cm³/mol. The minimum atomic E-state index is -0.125. The quantitative estimate of drug-likeness (QED) is 0.781. The smallest absolute Gasteiger partial charge is 0.253 e. The van der Waals surface area contributed by atoms with Gasteiger partial charge >= 0.3 is 0 Å². The molecule has 1 aromatic rings. The molecule has 2 amide bonds. The van der Waals surface area contributed by atoms with Gasteiger partial charge in [0.2, 0.25) is 5.91 Å². The second-order valence-corrected chi connectivity index (χ2v) is 9.06. The van der Waals surface area contributed by atoms with Gasteiger partial charge in [-0.2, -0.15) is 0 Å². The van der Waals surface area contributed by atoms with Gasteiger partial charge < -0.3 is 15.1 Å². The Bertz CT molecular complexity index is 654. The van der Waals surface area contributed by atoms with Crippen LogP contribution in [0.15, 0.2) is 18.2 Å². The molecule has 156 valence electrons. The maximum atomic E-state index is 13.0.